The summed E-state index contributed by atoms with van der Waals surface area (Å²) in [5.41, 5.74) is 6.73. The van der Waals surface area contributed by atoms with Crippen LogP contribution >= 0.6 is 0 Å². The van der Waals surface area contributed by atoms with Crippen molar-refractivity contribution in [1.29, 1.82) is 0 Å². The predicted molar refractivity (Wildman–Crippen MR) is 77.7 cm³/mol. The van der Waals surface area contributed by atoms with Gasteiger partial charge in [0.25, 0.3) is 0 Å². The zero-order valence-electron chi connectivity index (χ0n) is 11.2. The summed E-state index contributed by atoms with van der Waals surface area (Å²) in [6, 6.07) is 9.75. The number of benzene rings is 1. The highest BCUT2D eigenvalue weighted by Crippen LogP contribution is 2.18. The molecule has 0 saturated heterocycles. The Morgan fingerprint density at radius 1 is 1.32 bits per heavy atom. The van der Waals surface area contributed by atoms with E-state index in [1.54, 1.807) is 0 Å². The van der Waals surface area contributed by atoms with E-state index < -0.39 is 0 Å². The fourth-order valence-corrected chi connectivity index (χ4v) is 2.49. The molecular weight excluding hydrogens is 236 g/mol. The van der Waals surface area contributed by atoms with Crippen molar-refractivity contribution in [1.82, 2.24) is 5.32 Å². The highest BCUT2D eigenvalue weighted by Gasteiger charge is 2.19. The summed E-state index contributed by atoms with van der Waals surface area (Å²) in [6.07, 6.45) is 7.77. The molecule has 1 aromatic carbocycles. The summed E-state index contributed by atoms with van der Waals surface area (Å²) in [7, 11) is 0. The fraction of sp³-hybridized carbons (Fsp3) is 0.438. The van der Waals surface area contributed by atoms with Gasteiger partial charge in [-0.05, 0) is 30.7 Å². The van der Waals surface area contributed by atoms with Crippen molar-refractivity contribution in [3.63, 3.8) is 0 Å². The van der Waals surface area contributed by atoms with E-state index >= 15 is 0 Å². The Morgan fingerprint density at radius 2 is 2.11 bits per heavy atom. The van der Waals surface area contributed by atoms with Crippen LogP contribution < -0.4 is 11.1 Å². The minimum absolute atomic E-state index is 0.0447. The van der Waals surface area contributed by atoms with E-state index in [9.17, 15) is 4.79 Å². The first-order chi connectivity index (χ1) is 9.31. The van der Waals surface area contributed by atoms with Crippen molar-refractivity contribution in [3.05, 3.63) is 48.0 Å². The van der Waals surface area contributed by atoms with Crippen LogP contribution in [0.5, 0.6) is 0 Å². The third kappa shape index (κ3) is 3.93. The van der Waals surface area contributed by atoms with Gasteiger partial charge in [-0.15, -0.1) is 0 Å². The van der Waals surface area contributed by atoms with Crippen LogP contribution in [0.3, 0.4) is 0 Å². The molecule has 0 saturated carbocycles. The Bertz CT molecular complexity index is 428. The second-order valence-electron chi connectivity index (χ2n) is 5.09. The van der Waals surface area contributed by atoms with Gasteiger partial charge in [-0.25, -0.2) is 0 Å². The molecule has 2 atom stereocenters. The zero-order chi connectivity index (χ0) is 13.5. The Labute approximate surface area is 114 Å². The maximum Gasteiger partial charge on any atom is 0.228 e. The molecule has 0 heterocycles. The van der Waals surface area contributed by atoms with E-state index in [-0.39, 0.29) is 11.8 Å². The average Bonchev–Trinajstić information content (AvgIpc) is 2.48. The summed E-state index contributed by atoms with van der Waals surface area (Å²) in [5.74, 6) is 0.381. The largest absolute Gasteiger partial charge is 0.355 e. The van der Waals surface area contributed by atoms with Gasteiger partial charge in [0.05, 0.1) is 5.92 Å². The molecule has 1 aromatic rings. The van der Waals surface area contributed by atoms with Crippen molar-refractivity contribution < 1.29 is 4.79 Å². The van der Waals surface area contributed by atoms with Gasteiger partial charge in [-0.3, -0.25) is 4.79 Å². The minimum Gasteiger partial charge on any atom is -0.355 e. The summed E-state index contributed by atoms with van der Waals surface area (Å²) in [4.78, 5) is 12.2. The van der Waals surface area contributed by atoms with Crippen LogP contribution in [0.1, 0.15) is 30.7 Å². The van der Waals surface area contributed by atoms with Gasteiger partial charge in [0.2, 0.25) is 5.91 Å². The quantitative estimate of drug-likeness (QED) is 0.796. The number of hydrogen-bond acceptors (Lipinski definition) is 2. The van der Waals surface area contributed by atoms with Crippen LogP contribution in [-0.2, 0) is 4.79 Å². The maximum atomic E-state index is 12.2. The number of nitrogens with two attached hydrogens (primary N) is 1. The lowest BCUT2D eigenvalue weighted by atomic mass is 9.93. The molecule has 0 aliphatic heterocycles. The normalized spacial score (nSPS) is 19.9. The lowest BCUT2D eigenvalue weighted by molar-refractivity contribution is -0.122. The Hall–Kier alpha value is -1.61. The zero-order valence-corrected chi connectivity index (χ0v) is 11.2. The van der Waals surface area contributed by atoms with Crippen LogP contribution in [0.2, 0.25) is 0 Å². The summed E-state index contributed by atoms with van der Waals surface area (Å²) < 4.78 is 0. The van der Waals surface area contributed by atoms with Crippen molar-refractivity contribution >= 4 is 5.91 Å². The molecule has 0 aromatic heterocycles. The first kappa shape index (κ1) is 13.8. The molecule has 2 rings (SSSR count). The van der Waals surface area contributed by atoms with Gasteiger partial charge in [0, 0.05) is 13.1 Å². The number of carbonyl (C=O) groups is 1. The van der Waals surface area contributed by atoms with E-state index in [1.165, 1.54) is 0 Å². The summed E-state index contributed by atoms with van der Waals surface area (Å²) in [5, 5.41) is 3.05. The smallest absolute Gasteiger partial charge is 0.228 e. The van der Waals surface area contributed by atoms with Gasteiger partial charge >= 0.3 is 0 Å². The number of amides is 1. The summed E-state index contributed by atoms with van der Waals surface area (Å²) in [6.45, 7) is 1.10. The van der Waals surface area contributed by atoms with Gasteiger partial charge in [-0.1, -0.05) is 42.5 Å². The molecule has 2 unspecified atom stereocenters. The molecule has 0 radical (unpaired) electrons. The molecule has 3 heteroatoms. The van der Waals surface area contributed by atoms with Crippen LogP contribution in [0.15, 0.2) is 42.5 Å². The third-order valence-electron chi connectivity index (χ3n) is 3.70. The van der Waals surface area contributed by atoms with E-state index in [2.05, 4.69) is 17.5 Å². The fourth-order valence-electron chi connectivity index (χ4n) is 2.49. The standard InChI is InChI=1S/C16H22N2O/c17-11-15(14-9-5-2-6-10-14)16(19)18-12-13-7-3-1-4-8-13/h1-3,5-6,9-10,13,15H,4,7-8,11-12,17H2,(H,18,19). The lowest BCUT2D eigenvalue weighted by Gasteiger charge is -2.20. The monoisotopic (exact) mass is 258 g/mol. The Kier molecular flexibility index (Phi) is 5.16. The van der Waals surface area contributed by atoms with Crippen molar-refractivity contribution in [2.75, 3.05) is 13.1 Å². The first-order valence-electron chi connectivity index (χ1n) is 6.99. The number of carbonyl (C=O) groups excluding carboxylic acids is 1. The number of allylic oxidation sites excluding steroid dienone is 2. The highest BCUT2D eigenvalue weighted by atomic mass is 16.1. The van der Waals surface area contributed by atoms with E-state index in [0.29, 0.717) is 12.5 Å². The van der Waals surface area contributed by atoms with Crippen LogP contribution in [0.25, 0.3) is 0 Å². The number of rotatable bonds is 5. The molecule has 1 aliphatic carbocycles. The molecule has 102 valence electrons. The van der Waals surface area contributed by atoms with E-state index in [0.717, 1.165) is 31.4 Å². The average molecular weight is 258 g/mol. The Morgan fingerprint density at radius 3 is 2.74 bits per heavy atom. The van der Waals surface area contributed by atoms with Gasteiger partial charge in [0.15, 0.2) is 0 Å². The topological polar surface area (TPSA) is 55.1 Å². The second-order valence-corrected chi connectivity index (χ2v) is 5.09. The minimum atomic E-state index is -0.236. The molecule has 1 amide bonds. The lowest BCUT2D eigenvalue weighted by Crippen LogP contribution is -2.36. The molecule has 0 fully saturated rings. The molecule has 0 spiro atoms. The van der Waals surface area contributed by atoms with Crippen LogP contribution in [0, 0.1) is 5.92 Å². The van der Waals surface area contributed by atoms with Crippen molar-refractivity contribution in [3.8, 4) is 0 Å². The highest BCUT2D eigenvalue weighted by molar-refractivity contribution is 5.83. The van der Waals surface area contributed by atoms with Crippen molar-refractivity contribution in [2.24, 2.45) is 11.7 Å². The molecule has 3 nitrogen and oxygen atoms in total. The molecule has 1 aliphatic rings. The predicted octanol–water partition coefficient (Wildman–Crippen LogP) is 2.20. The SMILES string of the molecule is NCC(C(=O)NCC1CC=CCC1)c1ccccc1. The van der Waals surface area contributed by atoms with Gasteiger partial charge in [-0.2, -0.15) is 0 Å². The second kappa shape index (κ2) is 7.10. The molecule has 19 heavy (non-hydrogen) atoms. The maximum absolute atomic E-state index is 12.2. The third-order valence-corrected chi connectivity index (χ3v) is 3.70. The molecular formula is C16H22N2O. The van der Waals surface area contributed by atoms with Gasteiger partial charge in [0.1, 0.15) is 0 Å². The Balaban J connectivity index is 1.88. The van der Waals surface area contributed by atoms with Crippen LogP contribution in [-0.4, -0.2) is 19.0 Å². The van der Waals surface area contributed by atoms with Crippen molar-refractivity contribution in [2.45, 2.75) is 25.2 Å². The number of hydrogen-bond donors (Lipinski definition) is 2. The van der Waals surface area contributed by atoms with E-state index in [4.69, 9.17) is 5.73 Å². The first-order valence-corrected chi connectivity index (χ1v) is 6.99. The van der Waals surface area contributed by atoms with E-state index in [1.807, 2.05) is 30.3 Å². The number of nitrogens with one attached hydrogen (secondary N) is 1. The van der Waals surface area contributed by atoms with Gasteiger partial charge < -0.3 is 11.1 Å². The molecule has 0 bridgehead atoms. The molecule has 3 N–H and O–H groups in total. The summed E-state index contributed by atoms with van der Waals surface area (Å²) >= 11 is 0. The van der Waals surface area contributed by atoms with Crippen LogP contribution in [0.4, 0.5) is 0 Å².